The Hall–Kier alpha value is -3.61. The van der Waals surface area contributed by atoms with Crippen molar-refractivity contribution in [2.45, 2.75) is 62.9 Å². The van der Waals surface area contributed by atoms with Crippen LogP contribution in [0.25, 0.3) is 10.2 Å². The smallest absolute Gasteiger partial charge is 0.274 e. The molecule has 2 aliphatic carbocycles. The fourth-order valence-electron chi connectivity index (χ4n) is 6.02. The number of aromatic nitrogens is 4. The van der Waals surface area contributed by atoms with Crippen LogP contribution >= 0.6 is 11.3 Å². The number of thiophene rings is 1. The van der Waals surface area contributed by atoms with Crippen LogP contribution in [-0.4, -0.2) is 31.2 Å². The lowest BCUT2D eigenvalue weighted by molar-refractivity contribution is 0.102. The Kier molecular flexibility index (Phi) is 6.25. The van der Waals surface area contributed by atoms with Gasteiger partial charge in [0.05, 0.1) is 11.5 Å². The highest BCUT2D eigenvalue weighted by molar-refractivity contribution is 7.16. The normalized spacial score (nSPS) is 21.9. The molecule has 2 saturated carbocycles. The Morgan fingerprint density at radius 3 is 2.82 bits per heavy atom. The van der Waals surface area contributed by atoms with E-state index >= 15 is 0 Å². The van der Waals surface area contributed by atoms with Gasteiger partial charge < -0.3 is 15.2 Å². The molecule has 2 aliphatic rings. The van der Waals surface area contributed by atoms with E-state index in [1.165, 1.54) is 19.3 Å². The molecule has 8 nitrogen and oxygen atoms in total. The molecule has 194 valence electrons. The first kappa shape index (κ1) is 24.7. The molecule has 0 bridgehead atoms. The number of benzene rings is 1. The lowest BCUT2D eigenvalue weighted by Crippen LogP contribution is -2.47. The molecule has 3 heterocycles. The molecule has 6 rings (SSSR count). The molecule has 1 aromatic carbocycles. The van der Waals surface area contributed by atoms with Crippen molar-refractivity contribution in [2.24, 2.45) is 13.0 Å². The number of nitrogens with one attached hydrogen (secondary N) is 2. The van der Waals surface area contributed by atoms with Crippen LogP contribution in [0.1, 0.15) is 72.9 Å². The minimum atomic E-state index is -0.321. The summed E-state index contributed by atoms with van der Waals surface area (Å²) in [5.41, 5.74) is 3.16. The summed E-state index contributed by atoms with van der Waals surface area (Å²) >= 11 is 1.56. The third-order valence-electron chi connectivity index (χ3n) is 8.39. The van der Waals surface area contributed by atoms with Crippen molar-refractivity contribution < 1.29 is 4.79 Å². The Bertz CT molecular complexity index is 1540. The number of aryl methyl sites for hydroxylation is 1. The van der Waals surface area contributed by atoms with Crippen LogP contribution in [0.15, 0.2) is 48.1 Å². The number of nitrogens with zero attached hydrogens (tertiary/aromatic N) is 5. The van der Waals surface area contributed by atoms with Gasteiger partial charge in [-0.1, -0.05) is 12.1 Å². The Morgan fingerprint density at radius 1 is 1.26 bits per heavy atom. The van der Waals surface area contributed by atoms with Gasteiger partial charge in [0.25, 0.3) is 5.91 Å². The Morgan fingerprint density at radius 2 is 2.11 bits per heavy atom. The quantitative estimate of drug-likeness (QED) is 0.322. The molecule has 0 radical (unpaired) electrons. The number of amides is 1. The fourth-order valence-corrected chi connectivity index (χ4v) is 6.83. The van der Waals surface area contributed by atoms with Crippen molar-refractivity contribution in [2.75, 3.05) is 5.32 Å². The van der Waals surface area contributed by atoms with Crippen molar-refractivity contribution in [1.29, 1.82) is 5.26 Å². The highest BCUT2D eigenvalue weighted by Crippen LogP contribution is 2.53. The molecule has 0 spiro atoms. The van der Waals surface area contributed by atoms with Gasteiger partial charge >= 0.3 is 0 Å². The first-order valence-electron chi connectivity index (χ1n) is 13.1. The van der Waals surface area contributed by atoms with E-state index < -0.39 is 0 Å². The highest BCUT2D eigenvalue weighted by Gasteiger charge is 2.49. The van der Waals surface area contributed by atoms with E-state index in [-0.39, 0.29) is 16.9 Å². The van der Waals surface area contributed by atoms with Gasteiger partial charge in [-0.25, -0.2) is 4.98 Å². The summed E-state index contributed by atoms with van der Waals surface area (Å²) in [7, 11) is 1.95. The molecule has 1 amide bonds. The van der Waals surface area contributed by atoms with Crippen LogP contribution in [0.4, 0.5) is 5.69 Å². The van der Waals surface area contributed by atoms with Crippen LogP contribution in [0.3, 0.4) is 0 Å². The molecule has 2 fully saturated rings. The lowest BCUT2D eigenvalue weighted by Gasteiger charge is -2.46. The zero-order valence-corrected chi connectivity index (χ0v) is 22.5. The van der Waals surface area contributed by atoms with E-state index in [4.69, 9.17) is 0 Å². The average molecular weight is 526 g/mol. The van der Waals surface area contributed by atoms with Crippen LogP contribution < -0.4 is 10.6 Å². The van der Waals surface area contributed by atoms with Crippen molar-refractivity contribution >= 4 is 33.1 Å². The van der Waals surface area contributed by atoms with Gasteiger partial charge in [0, 0.05) is 36.6 Å². The number of pyridine rings is 1. The Balaban J connectivity index is 1.26. The third-order valence-corrected chi connectivity index (χ3v) is 9.19. The second kappa shape index (κ2) is 9.61. The molecule has 0 unspecified atom stereocenters. The topological polar surface area (TPSA) is 109 Å². The predicted octanol–water partition coefficient (Wildman–Crippen LogP) is 5.32. The van der Waals surface area contributed by atoms with E-state index in [9.17, 15) is 10.1 Å². The van der Waals surface area contributed by atoms with E-state index in [1.54, 1.807) is 17.7 Å². The molecular formula is C29H31N7OS. The number of hydrogen-bond acceptors (Lipinski definition) is 7. The molecule has 2 N–H and O–H groups in total. The summed E-state index contributed by atoms with van der Waals surface area (Å²) in [6.07, 6.45) is 7.53. The summed E-state index contributed by atoms with van der Waals surface area (Å²) in [5, 5.41) is 27.6. The van der Waals surface area contributed by atoms with Gasteiger partial charge in [0.1, 0.15) is 22.7 Å². The van der Waals surface area contributed by atoms with E-state index in [0.717, 1.165) is 40.0 Å². The number of fused-ring (bicyclic) bond motifs is 1. The standard InChI is InChI=1S/C29H31N7OS/c1-28(9-4-10-28)31-17-20-13-24(34-26-23(20)8-12-38-26)25(37)33-22-6-3-5-21(14-22)29(15-19(16-29)7-11-30)27-35-32-18-36(27)2/h3,5-6,8,12-14,18-19,31H,4,7,9-10,15-17H2,1-2H3,(H,33,37). The average Bonchev–Trinajstić information content (AvgIpc) is 3.52. The van der Waals surface area contributed by atoms with Crippen LogP contribution in [0.2, 0.25) is 0 Å². The fraction of sp³-hybridized carbons (Fsp3) is 0.414. The minimum Gasteiger partial charge on any atom is -0.321 e. The van der Waals surface area contributed by atoms with E-state index in [2.05, 4.69) is 50.9 Å². The SMILES string of the molecule is Cn1cnnc1C1(c2cccc(NC(=O)c3cc(CNC4(C)CCC4)c4ccsc4n3)c2)CC(CC#N)C1. The summed E-state index contributed by atoms with van der Waals surface area (Å²) in [6, 6.07) is 14.3. The molecule has 9 heteroatoms. The van der Waals surface area contributed by atoms with E-state index in [0.29, 0.717) is 30.3 Å². The molecule has 0 atom stereocenters. The number of anilines is 1. The zero-order valence-electron chi connectivity index (χ0n) is 21.7. The van der Waals surface area contributed by atoms with Gasteiger partial charge in [-0.3, -0.25) is 4.79 Å². The molecule has 0 saturated heterocycles. The largest absolute Gasteiger partial charge is 0.321 e. The number of hydrogen-bond donors (Lipinski definition) is 2. The molecule has 4 aromatic rings. The van der Waals surface area contributed by atoms with Gasteiger partial charge in [-0.15, -0.1) is 21.5 Å². The zero-order chi connectivity index (χ0) is 26.3. The number of rotatable bonds is 8. The first-order chi connectivity index (χ1) is 18.4. The predicted molar refractivity (Wildman–Crippen MR) is 148 cm³/mol. The summed E-state index contributed by atoms with van der Waals surface area (Å²) in [6.45, 7) is 2.98. The van der Waals surface area contributed by atoms with Crippen LogP contribution in [0.5, 0.6) is 0 Å². The maximum absolute atomic E-state index is 13.4. The minimum absolute atomic E-state index is 0.181. The molecule has 3 aromatic heterocycles. The van der Waals surface area contributed by atoms with Crippen molar-refractivity contribution in [3.8, 4) is 6.07 Å². The monoisotopic (exact) mass is 525 g/mol. The summed E-state index contributed by atoms with van der Waals surface area (Å²) < 4.78 is 1.95. The number of nitriles is 1. The second-order valence-corrected chi connectivity index (χ2v) is 12.0. The van der Waals surface area contributed by atoms with Gasteiger partial charge in [0.2, 0.25) is 0 Å². The van der Waals surface area contributed by atoms with E-state index in [1.807, 2.05) is 41.3 Å². The second-order valence-electron chi connectivity index (χ2n) is 11.1. The first-order valence-corrected chi connectivity index (χ1v) is 14.0. The van der Waals surface area contributed by atoms with Gasteiger partial charge in [-0.2, -0.15) is 5.26 Å². The Labute approximate surface area is 226 Å². The summed E-state index contributed by atoms with van der Waals surface area (Å²) in [4.78, 5) is 19.0. The summed E-state index contributed by atoms with van der Waals surface area (Å²) in [5.74, 6) is 0.986. The number of carbonyl (C=O) groups is 1. The molecule has 0 aliphatic heterocycles. The van der Waals surface area contributed by atoms with Gasteiger partial charge in [0.15, 0.2) is 0 Å². The lowest BCUT2D eigenvalue weighted by atomic mass is 9.57. The number of carbonyl (C=O) groups excluding carboxylic acids is 1. The van der Waals surface area contributed by atoms with Crippen molar-refractivity contribution in [1.82, 2.24) is 25.1 Å². The molecule has 38 heavy (non-hydrogen) atoms. The maximum atomic E-state index is 13.4. The third kappa shape index (κ3) is 4.38. The van der Waals surface area contributed by atoms with Gasteiger partial charge in [-0.05, 0) is 85.7 Å². The van der Waals surface area contributed by atoms with Crippen LogP contribution in [0, 0.1) is 17.2 Å². The van der Waals surface area contributed by atoms with Crippen molar-refractivity contribution in [3.05, 3.63) is 70.8 Å². The maximum Gasteiger partial charge on any atom is 0.274 e. The molecular weight excluding hydrogens is 494 g/mol. The highest BCUT2D eigenvalue weighted by atomic mass is 32.1. The van der Waals surface area contributed by atoms with Crippen LogP contribution in [-0.2, 0) is 19.0 Å². The van der Waals surface area contributed by atoms with Crippen molar-refractivity contribution in [3.63, 3.8) is 0 Å².